The molecule has 1 aliphatic rings. The summed E-state index contributed by atoms with van der Waals surface area (Å²) in [6.07, 6.45) is 6.03. The number of nitrogens with zero attached hydrogens (tertiary/aromatic N) is 1. The number of nitro benzene ring substituents is 1. The second kappa shape index (κ2) is 6.65. The molecule has 1 aliphatic carbocycles. The van der Waals surface area contributed by atoms with Crippen LogP contribution in [0.2, 0.25) is 0 Å². The predicted molar refractivity (Wildman–Crippen MR) is 84.1 cm³/mol. The maximum absolute atomic E-state index is 10.9. The maximum Gasteiger partial charge on any atom is 0.274 e. The maximum atomic E-state index is 10.9. The van der Waals surface area contributed by atoms with E-state index in [4.69, 9.17) is 12.2 Å². The van der Waals surface area contributed by atoms with E-state index < -0.39 is 0 Å². The molecule has 0 unspecified atom stereocenters. The van der Waals surface area contributed by atoms with Crippen molar-refractivity contribution < 1.29 is 4.92 Å². The third-order valence-corrected chi connectivity index (χ3v) is 3.91. The van der Waals surface area contributed by atoms with E-state index in [-0.39, 0.29) is 10.6 Å². The van der Waals surface area contributed by atoms with Crippen molar-refractivity contribution in [2.45, 2.75) is 45.1 Å². The Labute approximate surface area is 123 Å². The molecule has 1 aromatic rings. The van der Waals surface area contributed by atoms with Crippen molar-refractivity contribution in [1.29, 1.82) is 0 Å². The van der Waals surface area contributed by atoms with Gasteiger partial charge in [0, 0.05) is 17.8 Å². The van der Waals surface area contributed by atoms with E-state index in [0.29, 0.717) is 22.4 Å². The minimum Gasteiger partial charge on any atom is -0.360 e. The van der Waals surface area contributed by atoms with Crippen molar-refractivity contribution in [3.8, 4) is 0 Å². The van der Waals surface area contributed by atoms with E-state index in [0.717, 1.165) is 12.8 Å². The van der Waals surface area contributed by atoms with Gasteiger partial charge in [-0.3, -0.25) is 10.1 Å². The largest absolute Gasteiger partial charge is 0.360 e. The smallest absolute Gasteiger partial charge is 0.274 e. The van der Waals surface area contributed by atoms with Crippen molar-refractivity contribution in [3.63, 3.8) is 0 Å². The molecule has 0 atom stereocenters. The number of anilines is 1. The molecule has 0 spiro atoms. The van der Waals surface area contributed by atoms with Crippen LogP contribution in [-0.4, -0.2) is 16.1 Å². The molecule has 0 aliphatic heterocycles. The van der Waals surface area contributed by atoms with E-state index >= 15 is 0 Å². The summed E-state index contributed by atoms with van der Waals surface area (Å²) in [5.41, 5.74) is 1.40. The van der Waals surface area contributed by atoms with Crippen molar-refractivity contribution in [2.75, 3.05) is 5.32 Å². The SMILES string of the molecule is Cc1c(NC(=S)NC2CCCCC2)cccc1[N+](=O)[O-]. The number of nitro groups is 1. The molecule has 0 heterocycles. The Morgan fingerprint density at radius 1 is 1.35 bits per heavy atom. The van der Waals surface area contributed by atoms with Gasteiger partial charge in [0.15, 0.2) is 5.11 Å². The summed E-state index contributed by atoms with van der Waals surface area (Å²) in [7, 11) is 0. The van der Waals surface area contributed by atoms with Gasteiger partial charge >= 0.3 is 0 Å². The fourth-order valence-corrected chi connectivity index (χ4v) is 2.82. The fraction of sp³-hybridized carbons (Fsp3) is 0.500. The van der Waals surface area contributed by atoms with Crippen LogP contribution in [-0.2, 0) is 0 Å². The third-order valence-electron chi connectivity index (χ3n) is 3.69. The Morgan fingerprint density at radius 2 is 2.05 bits per heavy atom. The average molecular weight is 293 g/mol. The lowest BCUT2D eigenvalue weighted by Gasteiger charge is -2.24. The quantitative estimate of drug-likeness (QED) is 0.507. The van der Waals surface area contributed by atoms with Crippen LogP contribution < -0.4 is 10.6 Å². The number of rotatable bonds is 3. The Kier molecular flexibility index (Phi) is 4.89. The minimum absolute atomic E-state index is 0.107. The molecular weight excluding hydrogens is 274 g/mol. The zero-order valence-corrected chi connectivity index (χ0v) is 12.3. The number of benzene rings is 1. The van der Waals surface area contributed by atoms with Crippen LogP contribution in [0.4, 0.5) is 11.4 Å². The van der Waals surface area contributed by atoms with Crippen LogP contribution in [0.25, 0.3) is 0 Å². The van der Waals surface area contributed by atoms with E-state index in [1.54, 1.807) is 19.1 Å². The molecule has 108 valence electrons. The lowest BCUT2D eigenvalue weighted by atomic mass is 9.96. The van der Waals surface area contributed by atoms with Gasteiger partial charge in [-0.05, 0) is 38.0 Å². The first-order valence-electron chi connectivity index (χ1n) is 6.89. The molecule has 2 rings (SSSR count). The van der Waals surface area contributed by atoms with Gasteiger partial charge in [-0.1, -0.05) is 25.3 Å². The van der Waals surface area contributed by atoms with Gasteiger partial charge in [-0.25, -0.2) is 0 Å². The summed E-state index contributed by atoms with van der Waals surface area (Å²) < 4.78 is 0. The highest BCUT2D eigenvalue weighted by Gasteiger charge is 2.16. The highest BCUT2D eigenvalue weighted by molar-refractivity contribution is 7.80. The summed E-state index contributed by atoms with van der Waals surface area (Å²) in [5, 5.41) is 17.8. The first-order valence-corrected chi connectivity index (χ1v) is 7.30. The first kappa shape index (κ1) is 14.7. The van der Waals surface area contributed by atoms with Crippen molar-refractivity contribution in [2.24, 2.45) is 0 Å². The van der Waals surface area contributed by atoms with Crippen LogP contribution in [0.5, 0.6) is 0 Å². The standard InChI is InChI=1S/C14H19N3O2S/c1-10-12(8-5-9-13(10)17(18)19)16-14(20)15-11-6-3-2-4-7-11/h5,8-9,11H,2-4,6-7H2,1H3,(H2,15,16,20). The second-order valence-corrected chi connectivity index (χ2v) is 5.55. The molecule has 0 aromatic heterocycles. The van der Waals surface area contributed by atoms with Gasteiger partial charge in [-0.15, -0.1) is 0 Å². The van der Waals surface area contributed by atoms with Crippen molar-refractivity contribution in [1.82, 2.24) is 5.32 Å². The highest BCUT2D eigenvalue weighted by Crippen LogP contribution is 2.25. The molecule has 0 saturated heterocycles. The van der Waals surface area contributed by atoms with E-state index in [1.807, 2.05) is 0 Å². The summed E-state index contributed by atoms with van der Waals surface area (Å²) >= 11 is 5.29. The number of thiocarbonyl (C=S) groups is 1. The fourth-order valence-electron chi connectivity index (χ4n) is 2.55. The van der Waals surface area contributed by atoms with E-state index in [1.165, 1.54) is 25.3 Å². The lowest BCUT2D eigenvalue weighted by Crippen LogP contribution is -2.38. The van der Waals surface area contributed by atoms with Crippen LogP contribution in [0, 0.1) is 17.0 Å². The van der Waals surface area contributed by atoms with Crippen molar-refractivity contribution in [3.05, 3.63) is 33.9 Å². The summed E-state index contributed by atoms with van der Waals surface area (Å²) in [6, 6.07) is 5.38. The summed E-state index contributed by atoms with van der Waals surface area (Å²) in [6.45, 7) is 1.73. The molecule has 20 heavy (non-hydrogen) atoms. The predicted octanol–water partition coefficient (Wildman–Crippen LogP) is 3.52. The lowest BCUT2D eigenvalue weighted by molar-refractivity contribution is -0.385. The van der Waals surface area contributed by atoms with Gasteiger partial charge in [0.05, 0.1) is 10.5 Å². The summed E-state index contributed by atoms with van der Waals surface area (Å²) in [5.74, 6) is 0. The normalized spacial score (nSPS) is 15.7. The van der Waals surface area contributed by atoms with Gasteiger partial charge in [0.2, 0.25) is 0 Å². The van der Waals surface area contributed by atoms with Gasteiger partial charge in [0.25, 0.3) is 5.69 Å². The second-order valence-electron chi connectivity index (χ2n) is 5.14. The molecule has 0 bridgehead atoms. The number of hydrogen-bond donors (Lipinski definition) is 2. The Hall–Kier alpha value is -1.69. The molecular formula is C14H19N3O2S. The molecule has 0 amide bonds. The Balaban J connectivity index is 2.00. The van der Waals surface area contributed by atoms with Crippen LogP contribution in [0.1, 0.15) is 37.7 Å². The molecule has 1 saturated carbocycles. The molecule has 2 N–H and O–H groups in total. The molecule has 6 heteroatoms. The van der Waals surface area contributed by atoms with Crippen LogP contribution >= 0.6 is 12.2 Å². The van der Waals surface area contributed by atoms with Crippen LogP contribution in [0.3, 0.4) is 0 Å². The number of nitrogens with one attached hydrogen (secondary N) is 2. The van der Waals surface area contributed by atoms with E-state index in [9.17, 15) is 10.1 Å². The van der Waals surface area contributed by atoms with Crippen LogP contribution in [0.15, 0.2) is 18.2 Å². The van der Waals surface area contributed by atoms with Gasteiger partial charge in [0.1, 0.15) is 0 Å². The molecule has 1 aromatic carbocycles. The minimum atomic E-state index is -0.377. The van der Waals surface area contributed by atoms with Gasteiger partial charge < -0.3 is 10.6 Å². The van der Waals surface area contributed by atoms with Crippen molar-refractivity contribution >= 4 is 28.7 Å². The zero-order chi connectivity index (χ0) is 14.5. The zero-order valence-electron chi connectivity index (χ0n) is 11.5. The Morgan fingerprint density at radius 3 is 2.70 bits per heavy atom. The highest BCUT2D eigenvalue weighted by atomic mass is 32.1. The number of hydrogen-bond acceptors (Lipinski definition) is 3. The first-order chi connectivity index (χ1) is 9.58. The summed E-state index contributed by atoms with van der Waals surface area (Å²) in [4.78, 5) is 10.5. The molecule has 0 radical (unpaired) electrons. The topological polar surface area (TPSA) is 67.2 Å². The average Bonchev–Trinajstić information content (AvgIpc) is 2.42. The monoisotopic (exact) mass is 293 g/mol. The van der Waals surface area contributed by atoms with E-state index in [2.05, 4.69) is 10.6 Å². The van der Waals surface area contributed by atoms with Gasteiger partial charge in [-0.2, -0.15) is 0 Å². The Bertz CT molecular complexity index is 513. The molecule has 5 nitrogen and oxygen atoms in total. The third kappa shape index (κ3) is 3.66. The molecule has 1 fully saturated rings.